The number of alkyl halides is 3. The van der Waals surface area contributed by atoms with Gasteiger partial charge in [-0.25, -0.2) is 9.97 Å². The third-order valence-electron chi connectivity index (χ3n) is 13.9. The van der Waals surface area contributed by atoms with Crippen LogP contribution in [0.1, 0.15) is 79.2 Å². The van der Waals surface area contributed by atoms with E-state index in [2.05, 4.69) is 40.8 Å². The van der Waals surface area contributed by atoms with Gasteiger partial charge in [-0.3, -0.25) is 14.4 Å². The van der Waals surface area contributed by atoms with Gasteiger partial charge >= 0.3 is 6.18 Å². The number of anilines is 4. The summed E-state index contributed by atoms with van der Waals surface area (Å²) in [5.74, 6) is -0.320. The molecule has 5 N–H and O–H groups in total. The molecule has 0 bridgehead atoms. The number of fused-ring (bicyclic) bond motifs is 2. The van der Waals surface area contributed by atoms with Gasteiger partial charge in [-0.2, -0.15) is 23.1 Å². The van der Waals surface area contributed by atoms with Crippen molar-refractivity contribution in [1.82, 2.24) is 40.0 Å². The van der Waals surface area contributed by atoms with Crippen LogP contribution in [0.4, 0.5) is 36.4 Å². The first-order valence-electron chi connectivity index (χ1n) is 24.9. The summed E-state index contributed by atoms with van der Waals surface area (Å²) in [6.45, 7) is 7.35. The largest absolute Gasteiger partial charge is 0.495 e. The highest BCUT2D eigenvalue weighted by molar-refractivity contribution is 6.31. The second-order valence-corrected chi connectivity index (χ2v) is 20.0. The van der Waals surface area contributed by atoms with Gasteiger partial charge in [0, 0.05) is 52.5 Å². The minimum absolute atomic E-state index is 0.0404. The summed E-state index contributed by atoms with van der Waals surface area (Å²) in [4.78, 5) is 60.7. The standard InChI is InChI=1S/C31H37ClN6O5.C24H23F3N4O5/c1-17-13-22(24(41-6)14-18(17)27(39)34-21-11-12-37(4)16-25(21)42-7)35-30-33-15-20(32)28(36-30)43-23-10-8-9-19-26(23)29(40)38(5)31(19,2)3;1-31-11-14-4-3-5-18(20(14)22(31)34)36-21-16(24(25,26)27)10-28-23(30-21)29-17-7-6-13(8-15(33)12-32)9-19(17)35-2/h8-10,13-15,21,25H,11-12,16H2,1-7H3,(H,34,39)(H,33,35,36);3-7,9-10,15,32-33H,8,11-12H2,1-2H3,(H,28,29,30)/t21?,25-;15-/m10/s1. The molecule has 5 heterocycles. The Labute approximate surface area is 458 Å². The lowest BCUT2D eigenvalue weighted by Gasteiger charge is -2.36. The van der Waals surface area contributed by atoms with E-state index in [1.54, 1.807) is 74.6 Å². The van der Waals surface area contributed by atoms with Crippen LogP contribution in [0.25, 0.3) is 0 Å². The van der Waals surface area contributed by atoms with E-state index in [0.29, 0.717) is 63.6 Å². The molecule has 1 fully saturated rings. The number of carbonyl (C=O) groups is 3. The summed E-state index contributed by atoms with van der Waals surface area (Å²) < 4.78 is 69.4. The van der Waals surface area contributed by atoms with Crippen molar-refractivity contribution in [2.45, 2.75) is 70.1 Å². The maximum absolute atomic E-state index is 13.7. The summed E-state index contributed by atoms with van der Waals surface area (Å²) in [6.07, 6.45) is -2.85. The van der Waals surface area contributed by atoms with Crippen molar-refractivity contribution in [3.05, 3.63) is 129 Å². The minimum atomic E-state index is -4.81. The number of ether oxygens (including phenoxy) is 5. The highest BCUT2D eigenvalue weighted by Crippen LogP contribution is 2.44. The first-order valence-corrected chi connectivity index (χ1v) is 25.2. The summed E-state index contributed by atoms with van der Waals surface area (Å²) in [6, 6.07) is 18.4. The molecule has 20 nitrogen and oxygen atoms in total. The topological polar surface area (TPSA) is 235 Å². The maximum Gasteiger partial charge on any atom is 0.423 e. The zero-order valence-electron chi connectivity index (χ0n) is 44.8. The highest BCUT2D eigenvalue weighted by Gasteiger charge is 2.43. The molecule has 1 unspecified atom stereocenters. The van der Waals surface area contributed by atoms with Gasteiger partial charge in [0.25, 0.3) is 17.7 Å². The molecule has 9 rings (SSSR count). The van der Waals surface area contributed by atoms with E-state index >= 15 is 0 Å². The van der Waals surface area contributed by atoms with Gasteiger partial charge in [-0.05, 0) is 99.4 Å². The molecule has 0 saturated carbocycles. The SMILES string of the molecule is COc1cc(C(=O)NC2CCN(C)C[C@H]2OC)c(C)cc1Nc1ncc(Cl)c(Oc2cccc3c2C(=O)N(C)C3(C)C)n1.COc1cc(C[C@H](O)CO)ccc1Nc1ncc(C(F)(F)F)c(Oc2cccc3c2C(=O)N(C)C3)n1. The van der Waals surface area contributed by atoms with Crippen molar-refractivity contribution in [2.24, 2.45) is 0 Å². The number of hydrogen-bond donors (Lipinski definition) is 5. The van der Waals surface area contributed by atoms with Gasteiger partial charge in [0.1, 0.15) is 33.6 Å². The Kier molecular flexibility index (Phi) is 17.2. The normalized spacial score (nSPS) is 17.1. The quantitative estimate of drug-likeness (QED) is 0.0613. The number of aryl methyl sites for hydroxylation is 1. The average Bonchev–Trinajstić information content (AvgIpc) is 3.86. The maximum atomic E-state index is 13.7. The summed E-state index contributed by atoms with van der Waals surface area (Å²) in [7, 11) is 9.98. The van der Waals surface area contributed by atoms with Crippen LogP contribution in [-0.2, 0) is 29.4 Å². The average molecular weight is 1110 g/mol. The smallest absolute Gasteiger partial charge is 0.423 e. The number of carbonyl (C=O) groups excluding carboxylic acids is 3. The molecule has 79 heavy (non-hydrogen) atoms. The molecule has 6 aromatic rings. The second kappa shape index (κ2) is 23.6. The van der Waals surface area contributed by atoms with E-state index in [1.807, 2.05) is 40.0 Å². The number of aliphatic hydroxyl groups is 2. The van der Waals surface area contributed by atoms with E-state index in [9.17, 15) is 32.7 Å². The van der Waals surface area contributed by atoms with Crippen LogP contribution >= 0.6 is 11.6 Å². The summed E-state index contributed by atoms with van der Waals surface area (Å²) in [5, 5.41) is 28.0. The van der Waals surface area contributed by atoms with Crippen molar-refractivity contribution < 1.29 is 61.5 Å². The fraction of sp³-hybridized carbons (Fsp3) is 0.364. The molecule has 3 aliphatic heterocycles. The van der Waals surface area contributed by atoms with E-state index in [0.717, 1.165) is 30.6 Å². The molecule has 2 aromatic heterocycles. The number of nitrogens with zero attached hydrogens (tertiary/aromatic N) is 7. The molecular weight excluding hydrogens is 1050 g/mol. The first kappa shape index (κ1) is 57.3. The molecule has 24 heteroatoms. The molecule has 0 spiro atoms. The van der Waals surface area contributed by atoms with Gasteiger partial charge < -0.3 is 64.5 Å². The highest BCUT2D eigenvalue weighted by atomic mass is 35.5. The molecule has 4 aromatic carbocycles. The Hall–Kier alpha value is -7.83. The monoisotopic (exact) mass is 1110 g/mol. The third-order valence-corrected chi connectivity index (χ3v) is 14.2. The molecule has 3 atom stereocenters. The number of benzene rings is 4. The Bertz CT molecular complexity index is 3280. The van der Waals surface area contributed by atoms with E-state index in [-0.39, 0.29) is 70.4 Å². The van der Waals surface area contributed by atoms with Crippen LogP contribution in [0.2, 0.25) is 5.02 Å². The van der Waals surface area contributed by atoms with Crippen molar-refractivity contribution in [1.29, 1.82) is 0 Å². The number of amides is 3. The zero-order valence-corrected chi connectivity index (χ0v) is 45.5. The molecule has 3 amide bonds. The number of hydrogen-bond acceptors (Lipinski definition) is 17. The van der Waals surface area contributed by atoms with Crippen molar-refractivity contribution in [3.63, 3.8) is 0 Å². The van der Waals surface area contributed by atoms with Crippen LogP contribution in [0, 0.1) is 6.92 Å². The fourth-order valence-electron chi connectivity index (χ4n) is 9.36. The lowest BCUT2D eigenvalue weighted by molar-refractivity contribution is -0.139. The predicted molar refractivity (Wildman–Crippen MR) is 286 cm³/mol. The van der Waals surface area contributed by atoms with Gasteiger partial charge in [-0.1, -0.05) is 41.9 Å². The van der Waals surface area contributed by atoms with Crippen molar-refractivity contribution in [3.8, 4) is 34.8 Å². The number of halogens is 4. The first-order chi connectivity index (χ1) is 37.5. The van der Waals surface area contributed by atoms with Gasteiger partial charge in [0.2, 0.25) is 23.7 Å². The van der Waals surface area contributed by atoms with Crippen LogP contribution < -0.4 is 34.9 Å². The number of piperidine rings is 1. The van der Waals surface area contributed by atoms with E-state index in [1.165, 1.54) is 31.4 Å². The second-order valence-electron chi connectivity index (χ2n) is 19.6. The number of aliphatic hydroxyl groups excluding tert-OH is 2. The Balaban J connectivity index is 0.000000211. The Morgan fingerprint density at radius 3 is 2.18 bits per heavy atom. The van der Waals surface area contributed by atoms with Crippen LogP contribution in [0.5, 0.6) is 34.8 Å². The zero-order chi connectivity index (χ0) is 57.1. The molecule has 1 saturated heterocycles. The summed E-state index contributed by atoms with van der Waals surface area (Å²) >= 11 is 6.42. The van der Waals surface area contributed by atoms with Gasteiger partial charge in [0.15, 0.2) is 0 Å². The Morgan fingerprint density at radius 2 is 1.49 bits per heavy atom. The number of rotatable bonds is 16. The third kappa shape index (κ3) is 12.4. The predicted octanol–water partition coefficient (Wildman–Crippen LogP) is 8.27. The molecule has 0 radical (unpaired) electrons. The summed E-state index contributed by atoms with van der Waals surface area (Å²) in [5.41, 5.74) is 3.27. The van der Waals surface area contributed by atoms with E-state index < -0.39 is 35.9 Å². The van der Waals surface area contributed by atoms with Crippen LogP contribution in [0.15, 0.2) is 79.1 Å². The molecular formula is C55H60ClF3N10O10. The number of likely N-dealkylation sites (tertiary alicyclic amines) is 1. The van der Waals surface area contributed by atoms with Crippen molar-refractivity contribution in [2.75, 3.05) is 72.8 Å². The van der Waals surface area contributed by atoms with Crippen molar-refractivity contribution >= 4 is 52.6 Å². The number of methoxy groups -OCH3 is 3. The van der Waals surface area contributed by atoms with Gasteiger partial charge in [0.05, 0.1) is 73.3 Å². The minimum Gasteiger partial charge on any atom is -0.495 e. The van der Waals surface area contributed by atoms with Gasteiger partial charge in [-0.15, -0.1) is 0 Å². The fourth-order valence-corrected chi connectivity index (χ4v) is 9.49. The Morgan fingerprint density at radius 1 is 0.848 bits per heavy atom. The number of nitrogens with one attached hydrogen (secondary N) is 3. The number of likely N-dealkylation sites (N-methyl/N-ethyl adjacent to an activating group) is 1. The molecule has 0 aliphatic carbocycles. The lowest BCUT2D eigenvalue weighted by Crippen LogP contribution is -2.53. The van der Waals surface area contributed by atoms with Crippen LogP contribution in [-0.4, -0.2) is 143 Å². The lowest BCUT2D eigenvalue weighted by atomic mass is 9.94. The number of aromatic nitrogens is 4. The molecule has 3 aliphatic rings. The molecule has 418 valence electrons. The van der Waals surface area contributed by atoms with E-state index in [4.69, 9.17) is 40.4 Å². The van der Waals surface area contributed by atoms with Crippen LogP contribution in [0.3, 0.4) is 0 Å².